The summed E-state index contributed by atoms with van der Waals surface area (Å²) in [4.78, 5) is 0. The number of para-hydroxylation sites is 2. The maximum absolute atomic E-state index is 6.11. The van der Waals surface area contributed by atoms with Gasteiger partial charge in [-0.25, -0.2) is 0 Å². The molecule has 2 aromatic carbocycles. The van der Waals surface area contributed by atoms with Gasteiger partial charge in [0.2, 0.25) is 0 Å². The van der Waals surface area contributed by atoms with Crippen molar-refractivity contribution in [3.63, 3.8) is 0 Å². The lowest BCUT2D eigenvalue weighted by atomic mass is 10.1. The summed E-state index contributed by atoms with van der Waals surface area (Å²) in [5, 5.41) is 0. The molecular formula is C20H24O4. The Bertz CT molecular complexity index is 609. The van der Waals surface area contributed by atoms with Crippen LogP contribution in [0.15, 0.2) is 36.4 Å². The minimum Gasteiger partial charge on any atom is -0.458 e. The van der Waals surface area contributed by atoms with Crippen LogP contribution in [0, 0.1) is 27.7 Å². The Morgan fingerprint density at radius 2 is 1.00 bits per heavy atom. The first kappa shape index (κ1) is 16.8. The van der Waals surface area contributed by atoms with Crippen LogP contribution in [-0.4, -0.2) is 25.8 Å². The summed E-state index contributed by atoms with van der Waals surface area (Å²) in [7, 11) is 0. The Morgan fingerprint density at radius 1 is 0.667 bits per heavy atom. The maximum Gasteiger partial charge on any atom is 0.263 e. The Balaban J connectivity index is 1.81. The fourth-order valence-corrected chi connectivity index (χ4v) is 2.87. The monoisotopic (exact) mass is 328 g/mol. The summed E-state index contributed by atoms with van der Waals surface area (Å²) < 4.78 is 23.8. The van der Waals surface area contributed by atoms with E-state index in [1.807, 2.05) is 64.1 Å². The molecule has 128 valence electrons. The van der Waals surface area contributed by atoms with Gasteiger partial charge in [-0.2, -0.15) is 0 Å². The van der Waals surface area contributed by atoms with Crippen LogP contribution in [0.5, 0.6) is 11.5 Å². The molecule has 1 saturated heterocycles. The third-order valence-electron chi connectivity index (χ3n) is 4.16. The molecule has 1 aliphatic heterocycles. The zero-order valence-electron chi connectivity index (χ0n) is 14.7. The van der Waals surface area contributed by atoms with Crippen molar-refractivity contribution in [3.8, 4) is 11.5 Å². The van der Waals surface area contributed by atoms with E-state index >= 15 is 0 Å². The zero-order valence-corrected chi connectivity index (χ0v) is 14.7. The van der Waals surface area contributed by atoms with E-state index in [9.17, 15) is 0 Å². The van der Waals surface area contributed by atoms with E-state index in [4.69, 9.17) is 18.9 Å². The van der Waals surface area contributed by atoms with Crippen LogP contribution in [0.1, 0.15) is 22.3 Å². The van der Waals surface area contributed by atoms with E-state index in [1.165, 1.54) is 0 Å². The fraction of sp³-hybridized carbons (Fsp3) is 0.400. The molecule has 0 radical (unpaired) electrons. The van der Waals surface area contributed by atoms with Gasteiger partial charge in [-0.15, -0.1) is 0 Å². The molecule has 4 nitrogen and oxygen atoms in total. The molecule has 1 aliphatic rings. The standard InChI is InChI=1S/C20H24O4/c1-13-7-5-8-14(2)17(13)23-19-20(22-12-11-21-19)24-18-15(3)9-6-10-16(18)4/h5-10,19-20H,11-12H2,1-4H3. The molecule has 3 rings (SSSR count). The van der Waals surface area contributed by atoms with Crippen molar-refractivity contribution in [2.24, 2.45) is 0 Å². The Hall–Kier alpha value is -2.04. The zero-order chi connectivity index (χ0) is 17.1. The molecule has 0 saturated carbocycles. The van der Waals surface area contributed by atoms with Crippen molar-refractivity contribution in [2.45, 2.75) is 40.3 Å². The first-order valence-electron chi connectivity index (χ1n) is 8.25. The molecule has 1 fully saturated rings. The van der Waals surface area contributed by atoms with Gasteiger partial charge in [0, 0.05) is 0 Å². The predicted octanol–water partition coefficient (Wildman–Crippen LogP) is 4.08. The van der Waals surface area contributed by atoms with Crippen molar-refractivity contribution in [3.05, 3.63) is 58.7 Å². The number of hydrogen-bond acceptors (Lipinski definition) is 4. The van der Waals surface area contributed by atoms with Crippen molar-refractivity contribution >= 4 is 0 Å². The molecule has 0 N–H and O–H groups in total. The largest absolute Gasteiger partial charge is 0.458 e. The Kier molecular flexibility index (Phi) is 5.07. The number of ether oxygens (including phenoxy) is 4. The maximum atomic E-state index is 6.11. The summed E-state index contributed by atoms with van der Waals surface area (Å²) in [5.74, 6) is 1.64. The molecular weight excluding hydrogens is 304 g/mol. The lowest BCUT2D eigenvalue weighted by Gasteiger charge is -2.33. The first-order chi connectivity index (χ1) is 11.6. The summed E-state index contributed by atoms with van der Waals surface area (Å²) >= 11 is 0. The molecule has 2 atom stereocenters. The van der Waals surface area contributed by atoms with E-state index in [0.717, 1.165) is 33.8 Å². The van der Waals surface area contributed by atoms with Crippen molar-refractivity contribution < 1.29 is 18.9 Å². The lowest BCUT2D eigenvalue weighted by Crippen LogP contribution is -2.46. The lowest BCUT2D eigenvalue weighted by molar-refractivity contribution is -0.271. The molecule has 0 aliphatic carbocycles. The third-order valence-corrected chi connectivity index (χ3v) is 4.16. The molecule has 0 spiro atoms. The second-order valence-electron chi connectivity index (χ2n) is 6.16. The average molecular weight is 328 g/mol. The van der Waals surface area contributed by atoms with Crippen LogP contribution in [0.2, 0.25) is 0 Å². The predicted molar refractivity (Wildman–Crippen MR) is 92.6 cm³/mol. The topological polar surface area (TPSA) is 36.9 Å². The van der Waals surface area contributed by atoms with Crippen LogP contribution in [-0.2, 0) is 9.47 Å². The number of rotatable bonds is 4. The van der Waals surface area contributed by atoms with E-state index in [-0.39, 0.29) is 0 Å². The molecule has 0 bridgehead atoms. The Morgan fingerprint density at radius 3 is 1.33 bits per heavy atom. The van der Waals surface area contributed by atoms with E-state index < -0.39 is 12.6 Å². The van der Waals surface area contributed by atoms with Gasteiger partial charge in [-0.05, 0) is 49.9 Å². The molecule has 4 heteroatoms. The third kappa shape index (κ3) is 3.55. The second kappa shape index (κ2) is 7.24. The normalized spacial score (nSPS) is 20.7. The fourth-order valence-electron chi connectivity index (χ4n) is 2.87. The summed E-state index contributed by atoms with van der Waals surface area (Å²) in [6.07, 6.45) is -1.20. The second-order valence-corrected chi connectivity index (χ2v) is 6.16. The minimum absolute atomic E-state index is 0.488. The van der Waals surface area contributed by atoms with Crippen molar-refractivity contribution in [1.29, 1.82) is 0 Å². The Labute approximate surface area is 143 Å². The van der Waals surface area contributed by atoms with Gasteiger partial charge in [-0.1, -0.05) is 36.4 Å². The number of benzene rings is 2. The van der Waals surface area contributed by atoms with Crippen LogP contribution in [0.25, 0.3) is 0 Å². The highest BCUT2D eigenvalue weighted by Crippen LogP contribution is 2.29. The molecule has 0 aromatic heterocycles. The molecule has 2 unspecified atom stereocenters. The van der Waals surface area contributed by atoms with Gasteiger partial charge in [0.05, 0.1) is 13.2 Å². The molecule has 1 heterocycles. The van der Waals surface area contributed by atoms with Crippen LogP contribution in [0.3, 0.4) is 0 Å². The van der Waals surface area contributed by atoms with Crippen LogP contribution < -0.4 is 9.47 Å². The van der Waals surface area contributed by atoms with Gasteiger partial charge in [-0.3, -0.25) is 0 Å². The van der Waals surface area contributed by atoms with Crippen LogP contribution >= 0.6 is 0 Å². The molecule has 0 amide bonds. The van der Waals surface area contributed by atoms with Gasteiger partial charge >= 0.3 is 0 Å². The smallest absolute Gasteiger partial charge is 0.263 e. The van der Waals surface area contributed by atoms with E-state index in [1.54, 1.807) is 0 Å². The first-order valence-corrected chi connectivity index (χ1v) is 8.25. The van der Waals surface area contributed by atoms with E-state index in [2.05, 4.69) is 0 Å². The summed E-state index contributed by atoms with van der Waals surface area (Å²) in [5.41, 5.74) is 4.26. The minimum atomic E-state index is -0.599. The highest BCUT2D eigenvalue weighted by Gasteiger charge is 2.32. The molecule has 24 heavy (non-hydrogen) atoms. The van der Waals surface area contributed by atoms with Crippen molar-refractivity contribution in [2.75, 3.05) is 13.2 Å². The highest BCUT2D eigenvalue weighted by atomic mass is 16.8. The quantitative estimate of drug-likeness (QED) is 0.847. The SMILES string of the molecule is Cc1cccc(C)c1OC1OCCOC1Oc1c(C)cccc1C. The van der Waals surface area contributed by atoms with Crippen LogP contribution in [0.4, 0.5) is 0 Å². The summed E-state index contributed by atoms with van der Waals surface area (Å²) in [6.45, 7) is 9.06. The van der Waals surface area contributed by atoms with Gasteiger partial charge in [0.25, 0.3) is 12.6 Å². The summed E-state index contributed by atoms with van der Waals surface area (Å²) in [6, 6.07) is 12.1. The molecule has 2 aromatic rings. The number of aryl methyl sites for hydroxylation is 4. The van der Waals surface area contributed by atoms with Crippen molar-refractivity contribution in [1.82, 2.24) is 0 Å². The van der Waals surface area contributed by atoms with Gasteiger partial charge < -0.3 is 18.9 Å². The number of hydrogen-bond donors (Lipinski definition) is 0. The highest BCUT2D eigenvalue weighted by molar-refractivity contribution is 5.41. The van der Waals surface area contributed by atoms with Gasteiger partial charge in [0.15, 0.2) is 0 Å². The van der Waals surface area contributed by atoms with E-state index in [0.29, 0.717) is 13.2 Å². The van der Waals surface area contributed by atoms with Gasteiger partial charge in [0.1, 0.15) is 11.5 Å². The average Bonchev–Trinajstić information content (AvgIpc) is 2.56.